The van der Waals surface area contributed by atoms with Gasteiger partial charge in [-0.1, -0.05) is 36.4 Å². The minimum atomic E-state index is -3.84. The predicted molar refractivity (Wildman–Crippen MR) is 88.4 cm³/mol. The first kappa shape index (κ1) is 15.3. The van der Waals surface area contributed by atoms with E-state index in [9.17, 15) is 13.2 Å². The number of hydrogen-bond donors (Lipinski definition) is 1. The second-order valence-corrected chi connectivity index (χ2v) is 6.95. The second kappa shape index (κ2) is 5.89. The standard InChI is InChI=1S/C17H16N2O3S/c1-13-11-14-7-5-6-10-16(14)19(13)12-17(20)18-23(21,22)15-8-3-2-4-9-15/h2-11H,12H2,1H3,(H,18,20). The van der Waals surface area contributed by atoms with Crippen molar-refractivity contribution in [3.8, 4) is 0 Å². The Hall–Kier alpha value is -2.60. The number of fused-ring (bicyclic) bond motifs is 1. The second-order valence-electron chi connectivity index (χ2n) is 5.27. The molecular formula is C17H16N2O3S. The summed E-state index contributed by atoms with van der Waals surface area (Å²) in [5.41, 5.74) is 1.80. The summed E-state index contributed by atoms with van der Waals surface area (Å²) in [5.74, 6) is -0.571. The van der Waals surface area contributed by atoms with Crippen molar-refractivity contribution in [1.82, 2.24) is 9.29 Å². The minimum absolute atomic E-state index is 0.0502. The molecule has 2 aromatic carbocycles. The maximum Gasteiger partial charge on any atom is 0.264 e. The van der Waals surface area contributed by atoms with Gasteiger partial charge in [-0.05, 0) is 36.6 Å². The third-order valence-electron chi connectivity index (χ3n) is 3.62. The molecule has 0 saturated carbocycles. The van der Waals surface area contributed by atoms with Gasteiger partial charge in [-0.3, -0.25) is 4.79 Å². The van der Waals surface area contributed by atoms with Gasteiger partial charge in [0.1, 0.15) is 6.54 Å². The zero-order valence-electron chi connectivity index (χ0n) is 12.6. The molecule has 0 spiro atoms. The van der Waals surface area contributed by atoms with Crippen LogP contribution < -0.4 is 4.72 Å². The number of sulfonamides is 1. The van der Waals surface area contributed by atoms with E-state index < -0.39 is 15.9 Å². The zero-order valence-corrected chi connectivity index (χ0v) is 13.4. The number of benzene rings is 2. The molecule has 118 valence electrons. The molecule has 6 heteroatoms. The molecule has 0 saturated heterocycles. The SMILES string of the molecule is Cc1cc2ccccc2n1CC(=O)NS(=O)(=O)c1ccccc1. The van der Waals surface area contributed by atoms with Gasteiger partial charge in [0.25, 0.3) is 15.9 Å². The number of amides is 1. The highest BCUT2D eigenvalue weighted by molar-refractivity contribution is 7.90. The molecule has 0 atom stereocenters. The third kappa shape index (κ3) is 3.12. The molecule has 1 heterocycles. The van der Waals surface area contributed by atoms with Gasteiger partial charge < -0.3 is 4.57 Å². The maximum absolute atomic E-state index is 12.2. The van der Waals surface area contributed by atoms with Crippen LogP contribution in [0.5, 0.6) is 0 Å². The number of hydrogen-bond acceptors (Lipinski definition) is 3. The van der Waals surface area contributed by atoms with Gasteiger partial charge in [-0.25, -0.2) is 13.1 Å². The van der Waals surface area contributed by atoms with Crippen LogP contribution in [0.2, 0.25) is 0 Å². The van der Waals surface area contributed by atoms with Crippen LogP contribution in [0.4, 0.5) is 0 Å². The Morgan fingerprint density at radius 2 is 1.70 bits per heavy atom. The van der Waals surface area contributed by atoms with Crippen LogP contribution in [0.1, 0.15) is 5.69 Å². The quantitative estimate of drug-likeness (QED) is 0.800. The molecule has 0 aliphatic rings. The van der Waals surface area contributed by atoms with Crippen molar-refractivity contribution >= 4 is 26.8 Å². The summed E-state index contributed by atoms with van der Waals surface area (Å²) in [7, 11) is -3.84. The molecule has 0 aliphatic carbocycles. The molecule has 0 radical (unpaired) electrons. The number of nitrogens with one attached hydrogen (secondary N) is 1. The Morgan fingerprint density at radius 1 is 1.04 bits per heavy atom. The minimum Gasteiger partial charge on any atom is -0.335 e. The first-order valence-corrected chi connectivity index (χ1v) is 8.61. The lowest BCUT2D eigenvalue weighted by Crippen LogP contribution is -2.33. The lowest BCUT2D eigenvalue weighted by atomic mass is 10.2. The number of carbonyl (C=O) groups excluding carboxylic acids is 1. The summed E-state index contributed by atoms with van der Waals surface area (Å²) in [6, 6.07) is 17.5. The molecule has 3 aromatic rings. The fourth-order valence-corrected chi connectivity index (χ4v) is 3.54. The Morgan fingerprint density at radius 3 is 2.43 bits per heavy atom. The maximum atomic E-state index is 12.2. The van der Waals surface area contributed by atoms with Crippen LogP contribution in [0.15, 0.2) is 65.6 Å². The van der Waals surface area contributed by atoms with Gasteiger partial charge in [0.2, 0.25) is 0 Å². The number of aryl methyl sites for hydroxylation is 1. The highest BCUT2D eigenvalue weighted by Gasteiger charge is 2.18. The Labute approximate surface area is 134 Å². The van der Waals surface area contributed by atoms with E-state index in [4.69, 9.17) is 0 Å². The van der Waals surface area contributed by atoms with Crippen LogP contribution in [0.25, 0.3) is 10.9 Å². The van der Waals surface area contributed by atoms with Crippen molar-refractivity contribution in [2.24, 2.45) is 0 Å². The monoisotopic (exact) mass is 328 g/mol. The van der Waals surface area contributed by atoms with E-state index in [1.165, 1.54) is 12.1 Å². The van der Waals surface area contributed by atoms with Gasteiger partial charge in [0.05, 0.1) is 4.90 Å². The number of rotatable bonds is 4. The lowest BCUT2D eigenvalue weighted by Gasteiger charge is -2.10. The van der Waals surface area contributed by atoms with Crippen molar-refractivity contribution in [1.29, 1.82) is 0 Å². The van der Waals surface area contributed by atoms with Crippen LogP contribution >= 0.6 is 0 Å². The van der Waals surface area contributed by atoms with Crippen LogP contribution in [0.3, 0.4) is 0 Å². The Kier molecular flexibility index (Phi) is 3.92. The van der Waals surface area contributed by atoms with Crippen LogP contribution in [0, 0.1) is 6.92 Å². The van der Waals surface area contributed by atoms with E-state index in [1.54, 1.807) is 22.8 Å². The average Bonchev–Trinajstić information content (AvgIpc) is 2.84. The fourth-order valence-electron chi connectivity index (χ4n) is 2.54. The van der Waals surface area contributed by atoms with Crippen LogP contribution in [-0.4, -0.2) is 18.9 Å². The topological polar surface area (TPSA) is 68.2 Å². The molecule has 0 fully saturated rings. The average molecular weight is 328 g/mol. The zero-order chi connectivity index (χ0) is 16.4. The smallest absolute Gasteiger partial charge is 0.264 e. The Balaban J connectivity index is 1.83. The van der Waals surface area contributed by atoms with Crippen molar-refractivity contribution in [3.63, 3.8) is 0 Å². The Bertz CT molecular complexity index is 960. The summed E-state index contributed by atoms with van der Waals surface area (Å²) in [4.78, 5) is 12.3. The van der Waals surface area contributed by atoms with Crippen molar-refractivity contribution in [2.75, 3.05) is 0 Å². The molecule has 23 heavy (non-hydrogen) atoms. The molecule has 5 nitrogen and oxygen atoms in total. The molecule has 0 bridgehead atoms. The molecule has 0 unspecified atom stereocenters. The molecule has 1 aromatic heterocycles. The molecule has 3 rings (SSSR count). The van der Waals surface area contributed by atoms with E-state index in [2.05, 4.69) is 4.72 Å². The van der Waals surface area contributed by atoms with E-state index in [0.29, 0.717) is 0 Å². The van der Waals surface area contributed by atoms with E-state index in [1.807, 2.05) is 37.3 Å². The van der Waals surface area contributed by atoms with Gasteiger partial charge in [-0.15, -0.1) is 0 Å². The van der Waals surface area contributed by atoms with Gasteiger partial charge in [0, 0.05) is 11.2 Å². The highest BCUT2D eigenvalue weighted by atomic mass is 32.2. The number of para-hydroxylation sites is 1. The molecule has 1 N–H and O–H groups in total. The highest BCUT2D eigenvalue weighted by Crippen LogP contribution is 2.19. The molecule has 0 aliphatic heterocycles. The molecule has 1 amide bonds. The van der Waals surface area contributed by atoms with Crippen molar-refractivity contribution in [2.45, 2.75) is 18.4 Å². The normalized spacial score (nSPS) is 11.5. The largest absolute Gasteiger partial charge is 0.335 e. The lowest BCUT2D eigenvalue weighted by molar-refractivity contribution is -0.119. The molecular weight excluding hydrogens is 312 g/mol. The first-order valence-electron chi connectivity index (χ1n) is 7.13. The number of nitrogens with zero attached hydrogens (tertiary/aromatic N) is 1. The van der Waals surface area contributed by atoms with E-state index >= 15 is 0 Å². The van der Waals surface area contributed by atoms with Gasteiger partial charge in [-0.2, -0.15) is 0 Å². The van der Waals surface area contributed by atoms with Crippen molar-refractivity contribution in [3.05, 3.63) is 66.4 Å². The summed E-state index contributed by atoms with van der Waals surface area (Å²) in [6.07, 6.45) is 0. The predicted octanol–water partition coefficient (Wildman–Crippen LogP) is 2.45. The number of carbonyl (C=O) groups is 1. The number of aromatic nitrogens is 1. The van der Waals surface area contributed by atoms with Gasteiger partial charge in [0.15, 0.2) is 0 Å². The van der Waals surface area contributed by atoms with Gasteiger partial charge >= 0.3 is 0 Å². The van der Waals surface area contributed by atoms with E-state index in [0.717, 1.165) is 16.6 Å². The summed E-state index contributed by atoms with van der Waals surface area (Å²) < 4.78 is 28.3. The fraction of sp³-hybridized carbons (Fsp3) is 0.118. The third-order valence-corrected chi connectivity index (χ3v) is 5.01. The summed E-state index contributed by atoms with van der Waals surface area (Å²) >= 11 is 0. The summed E-state index contributed by atoms with van der Waals surface area (Å²) in [6.45, 7) is 1.84. The summed E-state index contributed by atoms with van der Waals surface area (Å²) in [5, 5.41) is 1.02. The van der Waals surface area contributed by atoms with Crippen LogP contribution in [-0.2, 0) is 21.4 Å². The van der Waals surface area contributed by atoms with E-state index in [-0.39, 0.29) is 11.4 Å². The first-order chi connectivity index (χ1) is 11.0. The van der Waals surface area contributed by atoms with Crippen molar-refractivity contribution < 1.29 is 13.2 Å².